The summed E-state index contributed by atoms with van der Waals surface area (Å²) in [5.74, 6) is -2.64. The van der Waals surface area contributed by atoms with Crippen molar-refractivity contribution in [3.05, 3.63) is 18.2 Å². The second-order valence-electron chi connectivity index (χ2n) is 9.32. The van der Waals surface area contributed by atoms with Gasteiger partial charge in [-0.2, -0.15) is 0 Å². The van der Waals surface area contributed by atoms with Gasteiger partial charge < -0.3 is 31.4 Å². The third-order valence-electron chi connectivity index (χ3n) is 5.71. The first-order valence-corrected chi connectivity index (χ1v) is 11.4. The van der Waals surface area contributed by atoms with Gasteiger partial charge in [0, 0.05) is 19.2 Å². The Kier molecular flexibility index (Phi) is 9.39. The summed E-state index contributed by atoms with van der Waals surface area (Å²) in [4.78, 5) is 58.8. The molecule has 2 rings (SSSR count). The van der Waals surface area contributed by atoms with E-state index in [2.05, 4.69) is 20.6 Å². The van der Waals surface area contributed by atoms with E-state index in [-0.39, 0.29) is 24.2 Å². The third-order valence-corrected chi connectivity index (χ3v) is 5.71. The van der Waals surface area contributed by atoms with Gasteiger partial charge in [0.25, 0.3) is 0 Å². The summed E-state index contributed by atoms with van der Waals surface area (Å²) in [5, 5.41) is 14.6. The van der Waals surface area contributed by atoms with Crippen molar-refractivity contribution in [1.82, 2.24) is 25.5 Å². The van der Waals surface area contributed by atoms with Crippen LogP contribution in [0.25, 0.3) is 0 Å². The molecule has 0 aliphatic carbocycles. The van der Waals surface area contributed by atoms with Crippen LogP contribution in [0.4, 0.5) is 0 Å². The SMILES string of the molecule is CC(C)C[C@H](N)C(=O)N1CCC[C@H]1C(=O)N[C@@H](Cc1c[nH]cn1)C(=O)N[C@H](C(=O)O)C(C)C. The number of aromatic nitrogens is 2. The average Bonchev–Trinajstić information content (AvgIpc) is 3.41. The van der Waals surface area contributed by atoms with E-state index in [4.69, 9.17) is 5.73 Å². The number of H-pyrrole nitrogens is 1. The summed E-state index contributed by atoms with van der Waals surface area (Å²) in [6, 6.07) is -3.58. The molecule has 11 nitrogen and oxygen atoms in total. The van der Waals surface area contributed by atoms with Crippen LogP contribution in [-0.2, 0) is 25.6 Å². The van der Waals surface area contributed by atoms with E-state index in [0.29, 0.717) is 31.5 Å². The zero-order valence-electron chi connectivity index (χ0n) is 19.7. The van der Waals surface area contributed by atoms with Crippen molar-refractivity contribution < 1.29 is 24.3 Å². The number of rotatable bonds is 11. The predicted molar refractivity (Wildman–Crippen MR) is 121 cm³/mol. The molecule has 0 radical (unpaired) electrons. The van der Waals surface area contributed by atoms with E-state index in [1.165, 1.54) is 11.2 Å². The summed E-state index contributed by atoms with van der Waals surface area (Å²) in [6.07, 6.45) is 4.75. The van der Waals surface area contributed by atoms with E-state index >= 15 is 0 Å². The Balaban J connectivity index is 2.15. The van der Waals surface area contributed by atoms with E-state index in [1.54, 1.807) is 20.0 Å². The van der Waals surface area contributed by atoms with Gasteiger partial charge in [0.1, 0.15) is 18.1 Å². The number of nitrogens with two attached hydrogens (primary N) is 1. The van der Waals surface area contributed by atoms with Gasteiger partial charge in [-0.15, -0.1) is 0 Å². The topological polar surface area (TPSA) is 171 Å². The molecule has 1 saturated heterocycles. The smallest absolute Gasteiger partial charge is 0.326 e. The number of nitrogens with zero attached hydrogens (tertiary/aromatic N) is 2. The second-order valence-corrected chi connectivity index (χ2v) is 9.32. The van der Waals surface area contributed by atoms with Crippen LogP contribution < -0.4 is 16.4 Å². The molecule has 11 heteroatoms. The minimum Gasteiger partial charge on any atom is -0.480 e. The lowest BCUT2D eigenvalue weighted by Crippen LogP contribution is -2.57. The molecule has 0 spiro atoms. The molecule has 0 aromatic carbocycles. The maximum Gasteiger partial charge on any atom is 0.326 e. The number of likely N-dealkylation sites (tertiary alicyclic amines) is 1. The van der Waals surface area contributed by atoms with Gasteiger partial charge in [-0.05, 0) is 31.1 Å². The standard InChI is InChI=1S/C22H36N6O5/c1-12(2)8-15(23)21(31)28-7-5-6-17(28)20(30)26-16(9-14-10-24-11-25-14)19(29)27-18(13(3)4)22(32)33/h10-13,15-18H,5-9,23H2,1-4H3,(H,24,25)(H,26,30)(H,27,29)(H,32,33)/t15-,16-,17-,18-/m0/s1. The fourth-order valence-corrected chi connectivity index (χ4v) is 3.98. The predicted octanol–water partition coefficient (Wildman–Crippen LogP) is 0.0268. The number of aliphatic carboxylic acids is 1. The van der Waals surface area contributed by atoms with E-state index in [9.17, 15) is 24.3 Å². The highest BCUT2D eigenvalue weighted by atomic mass is 16.4. The first-order valence-electron chi connectivity index (χ1n) is 11.4. The minimum absolute atomic E-state index is 0.0685. The van der Waals surface area contributed by atoms with Crippen molar-refractivity contribution >= 4 is 23.7 Å². The number of hydrogen-bond donors (Lipinski definition) is 5. The van der Waals surface area contributed by atoms with Gasteiger partial charge in [0.2, 0.25) is 17.7 Å². The van der Waals surface area contributed by atoms with E-state index in [1.807, 2.05) is 13.8 Å². The lowest BCUT2D eigenvalue weighted by atomic mass is 10.0. The normalized spacial score (nSPS) is 18.8. The minimum atomic E-state index is -1.16. The molecule has 2 heterocycles. The maximum absolute atomic E-state index is 13.1. The summed E-state index contributed by atoms with van der Waals surface area (Å²) in [7, 11) is 0. The molecule has 1 aromatic rings. The monoisotopic (exact) mass is 464 g/mol. The van der Waals surface area contributed by atoms with Gasteiger partial charge in [0.05, 0.1) is 18.1 Å². The Labute approximate surface area is 193 Å². The van der Waals surface area contributed by atoms with Gasteiger partial charge in [-0.3, -0.25) is 14.4 Å². The molecule has 33 heavy (non-hydrogen) atoms. The van der Waals surface area contributed by atoms with Crippen LogP contribution >= 0.6 is 0 Å². The number of carbonyl (C=O) groups is 4. The van der Waals surface area contributed by atoms with Crippen LogP contribution in [0, 0.1) is 11.8 Å². The number of hydrogen-bond acceptors (Lipinski definition) is 6. The number of aromatic amines is 1. The van der Waals surface area contributed by atoms with Crippen LogP contribution in [0.15, 0.2) is 12.5 Å². The maximum atomic E-state index is 13.1. The number of carboxylic acid groups (broad SMARTS) is 1. The molecule has 4 atom stereocenters. The number of amides is 3. The summed E-state index contributed by atoms with van der Waals surface area (Å²) in [6.45, 7) is 7.74. The van der Waals surface area contributed by atoms with Crippen molar-refractivity contribution in [2.24, 2.45) is 17.6 Å². The molecular formula is C22H36N6O5. The third kappa shape index (κ3) is 7.28. The van der Waals surface area contributed by atoms with Crippen molar-refractivity contribution in [3.63, 3.8) is 0 Å². The number of carbonyl (C=O) groups excluding carboxylic acids is 3. The summed E-state index contributed by atoms with van der Waals surface area (Å²) < 4.78 is 0. The van der Waals surface area contributed by atoms with E-state index in [0.717, 1.165) is 0 Å². The molecule has 1 fully saturated rings. The van der Waals surface area contributed by atoms with Gasteiger partial charge in [-0.25, -0.2) is 9.78 Å². The highest BCUT2D eigenvalue weighted by molar-refractivity contribution is 5.94. The zero-order chi connectivity index (χ0) is 24.7. The van der Waals surface area contributed by atoms with Crippen LogP contribution in [0.5, 0.6) is 0 Å². The average molecular weight is 465 g/mol. The highest BCUT2D eigenvalue weighted by Crippen LogP contribution is 2.20. The molecule has 1 aliphatic heterocycles. The quantitative estimate of drug-likeness (QED) is 0.307. The summed E-state index contributed by atoms with van der Waals surface area (Å²) in [5.41, 5.74) is 6.59. The largest absolute Gasteiger partial charge is 0.480 e. The molecule has 1 aliphatic rings. The van der Waals surface area contributed by atoms with Gasteiger partial charge in [-0.1, -0.05) is 27.7 Å². The Morgan fingerprint density at radius 3 is 2.48 bits per heavy atom. The molecule has 1 aromatic heterocycles. The summed E-state index contributed by atoms with van der Waals surface area (Å²) >= 11 is 0. The molecule has 3 amide bonds. The lowest BCUT2D eigenvalue weighted by molar-refractivity contribution is -0.144. The molecule has 0 unspecified atom stereocenters. The Morgan fingerprint density at radius 1 is 1.24 bits per heavy atom. The Hall–Kier alpha value is -2.95. The van der Waals surface area contributed by atoms with E-state index < -0.39 is 42.0 Å². The molecule has 0 bridgehead atoms. The van der Waals surface area contributed by atoms with Crippen molar-refractivity contribution in [3.8, 4) is 0 Å². The zero-order valence-corrected chi connectivity index (χ0v) is 19.7. The molecular weight excluding hydrogens is 428 g/mol. The van der Waals surface area contributed by atoms with Crippen LogP contribution in [0.3, 0.4) is 0 Å². The molecule has 0 saturated carbocycles. The first kappa shape index (κ1) is 26.3. The highest BCUT2D eigenvalue weighted by Gasteiger charge is 2.38. The fourth-order valence-electron chi connectivity index (χ4n) is 3.98. The number of imidazole rings is 1. The Bertz CT molecular complexity index is 825. The molecule has 6 N–H and O–H groups in total. The van der Waals surface area contributed by atoms with Crippen LogP contribution in [-0.4, -0.2) is 74.4 Å². The van der Waals surface area contributed by atoms with Crippen LogP contribution in [0.2, 0.25) is 0 Å². The van der Waals surface area contributed by atoms with Gasteiger partial charge >= 0.3 is 5.97 Å². The second kappa shape index (κ2) is 11.8. The van der Waals surface area contributed by atoms with Crippen LogP contribution in [0.1, 0.15) is 52.7 Å². The van der Waals surface area contributed by atoms with Crippen molar-refractivity contribution in [2.45, 2.75) is 77.5 Å². The Morgan fingerprint density at radius 2 is 1.94 bits per heavy atom. The number of nitrogens with one attached hydrogen (secondary N) is 3. The van der Waals surface area contributed by atoms with Crippen molar-refractivity contribution in [2.75, 3.05) is 6.54 Å². The number of carboxylic acids is 1. The molecule has 184 valence electrons. The lowest BCUT2D eigenvalue weighted by Gasteiger charge is -2.29. The fraction of sp³-hybridized carbons (Fsp3) is 0.682. The van der Waals surface area contributed by atoms with Crippen molar-refractivity contribution in [1.29, 1.82) is 0 Å². The first-order chi connectivity index (χ1) is 15.5. The van der Waals surface area contributed by atoms with Gasteiger partial charge in [0.15, 0.2) is 0 Å².